The van der Waals surface area contributed by atoms with Crippen LogP contribution in [0.4, 0.5) is 15.3 Å². The summed E-state index contributed by atoms with van der Waals surface area (Å²) in [7, 11) is 0. The smallest absolute Gasteiger partial charge is 0.411 e. The van der Waals surface area contributed by atoms with E-state index < -0.39 is 23.8 Å². The van der Waals surface area contributed by atoms with Gasteiger partial charge >= 0.3 is 18.2 Å². The van der Waals surface area contributed by atoms with Crippen molar-refractivity contribution in [2.75, 3.05) is 18.5 Å². The lowest BCUT2D eigenvalue weighted by atomic mass is 9.93. The van der Waals surface area contributed by atoms with E-state index in [1.165, 1.54) is 11.0 Å². The molecule has 8 nitrogen and oxygen atoms in total. The quantitative estimate of drug-likeness (QED) is 0.440. The number of carbonyl (C=O) groups excluding carboxylic acids is 2. The van der Waals surface area contributed by atoms with Gasteiger partial charge in [0.1, 0.15) is 12.2 Å². The zero-order valence-electron chi connectivity index (χ0n) is 21.6. The van der Waals surface area contributed by atoms with Gasteiger partial charge in [-0.1, -0.05) is 48.5 Å². The van der Waals surface area contributed by atoms with Gasteiger partial charge in [0.25, 0.3) is 0 Å². The maximum Gasteiger partial charge on any atom is 0.411 e. The number of aromatic carboxylic acids is 1. The fourth-order valence-electron chi connectivity index (χ4n) is 5.22. The van der Waals surface area contributed by atoms with Gasteiger partial charge in [0.2, 0.25) is 0 Å². The summed E-state index contributed by atoms with van der Waals surface area (Å²) in [4.78, 5) is 38.9. The second kappa shape index (κ2) is 9.85. The average Bonchev–Trinajstić information content (AvgIpc) is 3.20. The first-order valence-corrected chi connectivity index (χ1v) is 12.6. The molecule has 0 fully saturated rings. The highest BCUT2D eigenvalue weighted by molar-refractivity contribution is 5.93. The number of carboxylic acids is 1. The molecule has 196 valence electrons. The molecular weight excluding hydrogens is 484 g/mol. The Bertz CT molecular complexity index is 1380. The minimum Gasteiger partial charge on any atom is -0.478 e. The molecule has 1 heterocycles. The van der Waals surface area contributed by atoms with Crippen LogP contribution < -0.4 is 5.32 Å². The van der Waals surface area contributed by atoms with E-state index in [4.69, 9.17) is 9.47 Å². The molecule has 1 aliphatic heterocycles. The number of nitrogens with zero attached hydrogens (tertiary/aromatic N) is 1. The Morgan fingerprint density at radius 1 is 0.947 bits per heavy atom. The van der Waals surface area contributed by atoms with Crippen molar-refractivity contribution in [3.05, 3.63) is 88.5 Å². The van der Waals surface area contributed by atoms with E-state index in [0.29, 0.717) is 29.8 Å². The third kappa shape index (κ3) is 4.94. The van der Waals surface area contributed by atoms with Crippen molar-refractivity contribution >= 4 is 23.8 Å². The second-order valence-electron chi connectivity index (χ2n) is 10.5. The molecule has 0 unspecified atom stereocenters. The van der Waals surface area contributed by atoms with Gasteiger partial charge < -0.3 is 19.5 Å². The van der Waals surface area contributed by atoms with E-state index in [9.17, 15) is 19.5 Å². The van der Waals surface area contributed by atoms with Crippen LogP contribution >= 0.6 is 0 Å². The van der Waals surface area contributed by atoms with Gasteiger partial charge in [-0.3, -0.25) is 5.32 Å². The summed E-state index contributed by atoms with van der Waals surface area (Å²) in [5, 5.41) is 12.5. The van der Waals surface area contributed by atoms with E-state index in [1.807, 2.05) is 24.3 Å². The van der Waals surface area contributed by atoms with Crippen LogP contribution in [0.25, 0.3) is 11.1 Å². The summed E-state index contributed by atoms with van der Waals surface area (Å²) >= 11 is 0. The molecule has 3 aromatic rings. The Morgan fingerprint density at radius 2 is 1.58 bits per heavy atom. The molecule has 0 bridgehead atoms. The number of nitrogens with one attached hydrogen (secondary N) is 1. The summed E-state index contributed by atoms with van der Waals surface area (Å²) in [6, 6.07) is 19.2. The van der Waals surface area contributed by atoms with Crippen molar-refractivity contribution in [2.45, 2.75) is 45.3 Å². The summed E-state index contributed by atoms with van der Waals surface area (Å²) in [5.74, 6) is -1.17. The SMILES string of the molecule is CC(C)(C)OC(=O)N1CCc2c(NC(=O)OCC3c4ccccc4-c4ccccc43)ccc(C(=O)O)c2C1. The maximum atomic E-state index is 12.9. The highest BCUT2D eigenvalue weighted by Gasteiger charge is 2.31. The predicted octanol–water partition coefficient (Wildman–Crippen LogP) is 6.04. The second-order valence-corrected chi connectivity index (χ2v) is 10.5. The molecule has 8 heteroatoms. The van der Waals surface area contributed by atoms with Gasteiger partial charge in [0.05, 0.1) is 12.1 Å². The molecule has 0 saturated heterocycles. The van der Waals surface area contributed by atoms with Crippen LogP contribution in [0.5, 0.6) is 0 Å². The molecule has 38 heavy (non-hydrogen) atoms. The molecule has 2 N–H and O–H groups in total. The van der Waals surface area contributed by atoms with Crippen LogP contribution in [0.15, 0.2) is 60.7 Å². The van der Waals surface area contributed by atoms with Crippen LogP contribution in [0.2, 0.25) is 0 Å². The third-order valence-corrected chi connectivity index (χ3v) is 6.87. The molecule has 0 aromatic heterocycles. The van der Waals surface area contributed by atoms with E-state index in [2.05, 4.69) is 29.6 Å². The molecule has 0 saturated carbocycles. The van der Waals surface area contributed by atoms with E-state index in [-0.39, 0.29) is 24.6 Å². The van der Waals surface area contributed by atoms with Crippen molar-refractivity contribution < 1.29 is 29.0 Å². The predicted molar refractivity (Wildman–Crippen MR) is 142 cm³/mol. The Labute approximate surface area is 221 Å². The number of carbonyl (C=O) groups is 3. The lowest BCUT2D eigenvalue weighted by molar-refractivity contribution is 0.0221. The Kier molecular flexibility index (Phi) is 6.57. The first-order chi connectivity index (χ1) is 18.1. The fourth-order valence-corrected chi connectivity index (χ4v) is 5.22. The number of anilines is 1. The highest BCUT2D eigenvalue weighted by Crippen LogP contribution is 2.44. The summed E-state index contributed by atoms with van der Waals surface area (Å²) in [5.41, 5.74) is 5.58. The lowest BCUT2D eigenvalue weighted by Gasteiger charge is -2.32. The summed E-state index contributed by atoms with van der Waals surface area (Å²) in [6.45, 7) is 5.92. The Balaban J connectivity index is 1.32. The van der Waals surface area contributed by atoms with Gasteiger partial charge in [-0.15, -0.1) is 0 Å². The van der Waals surface area contributed by atoms with Crippen LogP contribution in [-0.4, -0.2) is 46.9 Å². The van der Waals surface area contributed by atoms with Gasteiger partial charge in [0.15, 0.2) is 0 Å². The van der Waals surface area contributed by atoms with Crippen LogP contribution in [0, 0.1) is 0 Å². The Hall–Kier alpha value is -4.33. The fraction of sp³-hybridized carbons (Fsp3) is 0.300. The lowest BCUT2D eigenvalue weighted by Crippen LogP contribution is -2.40. The third-order valence-electron chi connectivity index (χ3n) is 6.87. The number of rotatable bonds is 4. The zero-order valence-corrected chi connectivity index (χ0v) is 21.6. The molecular formula is C30H30N2O6. The Morgan fingerprint density at radius 3 is 2.18 bits per heavy atom. The first kappa shape index (κ1) is 25.3. The van der Waals surface area contributed by atoms with E-state index >= 15 is 0 Å². The van der Waals surface area contributed by atoms with Gasteiger partial charge in [-0.05, 0) is 72.7 Å². The average molecular weight is 515 g/mol. The number of amides is 2. The first-order valence-electron chi connectivity index (χ1n) is 12.6. The van der Waals surface area contributed by atoms with Crippen molar-refractivity contribution in [2.24, 2.45) is 0 Å². The van der Waals surface area contributed by atoms with E-state index in [0.717, 1.165) is 22.3 Å². The summed E-state index contributed by atoms with van der Waals surface area (Å²) < 4.78 is 11.1. The molecule has 2 amide bonds. The maximum absolute atomic E-state index is 12.9. The molecule has 0 atom stereocenters. The van der Waals surface area contributed by atoms with Gasteiger partial charge in [0, 0.05) is 18.2 Å². The monoisotopic (exact) mass is 514 g/mol. The van der Waals surface area contributed by atoms with Gasteiger partial charge in [-0.25, -0.2) is 14.4 Å². The molecule has 3 aromatic carbocycles. The number of hydrogen-bond donors (Lipinski definition) is 2. The van der Waals surface area contributed by atoms with Crippen molar-refractivity contribution in [1.82, 2.24) is 4.90 Å². The van der Waals surface area contributed by atoms with Crippen molar-refractivity contribution in [3.63, 3.8) is 0 Å². The van der Waals surface area contributed by atoms with Gasteiger partial charge in [-0.2, -0.15) is 0 Å². The molecule has 1 aliphatic carbocycles. The number of ether oxygens (including phenoxy) is 2. The molecule has 5 rings (SSSR count). The molecule has 2 aliphatic rings. The van der Waals surface area contributed by atoms with Crippen LogP contribution in [0.1, 0.15) is 59.3 Å². The van der Waals surface area contributed by atoms with E-state index in [1.54, 1.807) is 26.8 Å². The normalized spacial score (nSPS) is 14.2. The largest absolute Gasteiger partial charge is 0.478 e. The molecule has 0 radical (unpaired) electrons. The van der Waals surface area contributed by atoms with Crippen molar-refractivity contribution in [1.29, 1.82) is 0 Å². The zero-order chi connectivity index (χ0) is 27.0. The number of benzene rings is 3. The number of fused-ring (bicyclic) bond motifs is 4. The number of hydrogen-bond acceptors (Lipinski definition) is 5. The minimum atomic E-state index is -1.10. The highest BCUT2D eigenvalue weighted by atomic mass is 16.6. The van der Waals surface area contributed by atoms with Crippen molar-refractivity contribution in [3.8, 4) is 11.1 Å². The summed E-state index contributed by atoms with van der Waals surface area (Å²) in [6.07, 6.45) is -0.754. The van der Waals surface area contributed by atoms with Crippen LogP contribution in [0.3, 0.4) is 0 Å². The topological polar surface area (TPSA) is 105 Å². The standard InChI is InChI=1S/C30H30N2O6/c1-30(2,3)38-29(36)32-15-14-22-24(16-32)23(27(33)34)12-13-26(22)31-28(35)37-17-25-20-10-6-4-8-18(20)19-9-5-7-11-21(19)25/h4-13,25H,14-17H2,1-3H3,(H,31,35)(H,33,34). The minimum absolute atomic E-state index is 0.0705. The van der Waals surface area contributed by atoms with Crippen LogP contribution in [-0.2, 0) is 22.4 Å². The number of carboxylic acid groups (broad SMARTS) is 1. The molecule has 0 spiro atoms.